The number of aliphatic hydroxyl groups is 2. The second-order valence-corrected chi connectivity index (χ2v) is 28.8. The highest BCUT2D eigenvalue weighted by atomic mass is 16.5. The molecule has 6 heteroatoms. The molecule has 3 N–H and O–H groups in total. The van der Waals surface area contributed by atoms with E-state index in [2.05, 4.69) is 43.5 Å². The molecule has 0 aliphatic carbocycles. The van der Waals surface area contributed by atoms with Crippen molar-refractivity contribution in [2.24, 2.45) is 0 Å². The second-order valence-electron chi connectivity index (χ2n) is 28.8. The predicted molar refractivity (Wildman–Crippen MR) is 398 cm³/mol. The van der Waals surface area contributed by atoms with E-state index in [1.54, 1.807) is 0 Å². The molecule has 1 amide bonds. The lowest BCUT2D eigenvalue weighted by atomic mass is 10.0. The lowest BCUT2D eigenvalue weighted by molar-refractivity contribution is -0.143. The highest BCUT2D eigenvalue weighted by Gasteiger charge is 2.20. The summed E-state index contributed by atoms with van der Waals surface area (Å²) in [6.07, 6.45) is 103. The molecule has 0 radical (unpaired) electrons. The lowest BCUT2D eigenvalue weighted by Gasteiger charge is -2.22. The number of hydrogen-bond acceptors (Lipinski definition) is 5. The molecule has 0 aromatic heterocycles. The summed E-state index contributed by atoms with van der Waals surface area (Å²) in [6, 6.07) is -0.540. The zero-order valence-electron chi connectivity index (χ0n) is 61.4. The van der Waals surface area contributed by atoms with E-state index in [1.165, 1.54) is 392 Å². The van der Waals surface area contributed by atoms with E-state index in [4.69, 9.17) is 4.74 Å². The maximum atomic E-state index is 12.6. The number of amides is 1. The van der Waals surface area contributed by atoms with Gasteiger partial charge in [0.2, 0.25) is 5.91 Å². The number of ether oxygens (including phenoxy) is 1. The number of aliphatic hydroxyl groups excluding tert-OH is 2. The van der Waals surface area contributed by atoms with Crippen LogP contribution < -0.4 is 5.32 Å². The summed E-state index contributed by atoms with van der Waals surface area (Å²) in [5, 5.41) is 23.5. The van der Waals surface area contributed by atoms with Crippen LogP contribution in [0.2, 0.25) is 0 Å². The summed E-state index contributed by atoms with van der Waals surface area (Å²) in [6.45, 7) is 4.99. The summed E-state index contributed by atoms with van der Waals surface area (Å²) in [5.41, 5.74) is 0. The highest BCUT2D eigenvalue weighted by Crippen LogP contribution is 2.21. The smallest absolute Gasteiger partial charge is 0.305 e. The summed E-state index contributed by atoms with van der Waals surface area (Å²) in [4.78, 5) is 24.7. The first-order valence-corrected chi connectivity index (χ1v) is 41.6. The van der Waals surface area contributed by atoms with Crippen LogP contribution in [0.25, 0.3) is 0 Å². The quantitative estimate of drug-likeness (QED) is 0.0320. The number of esters is 1. The van der Waals surface area contributed by atoms with E-state index >= 15 is 0 Å². The van der Waals surface area contributed by atoms with Crippen molar-refractivity contribution in [3.05, 3.63) is 24.3 Å². The average molecular weight is 1270 g/mol. The molecular weight excluding hydrogens is 1100 g/mol. The molecule has 0 fully saturated rings. The minimum Gasteiger partial charge on any atom is -0.466 e. The minimum atomic E-state index is -0.663. The van der Waals surface area contributed by atoms with Gasteiger partial charge in [0.15, 0.2) is 0 Å². The van der Waals surface area contributed by atoms with Crippen LogP contribution in [-0.2, 0) is 14.3 Å². The summed E-state index contributed by atoms with van der Waals surface area (Å²) in [7, 11) is 0. The Kier molecular flexibility index (Phi) is 78.3. The third kappa shape index (κ3) is 75.4. The van der Waals surface area contributed by atoms with E-state index in [0.29, 0.717) is 25.9 Å². The van der Waals surface area contributed by atoms with Gasteiger partial charge >= 0.3 is 5.97 Å². The first-order valence-electron chi connectivity index (χ1n) is 41.6. The van der Waals surface area contributed by atoms with E-state index in [1.807, 2.05) is 0 Å². The van der Waals surface area contributed by atoms with Crippen LogP contribution >= 0.6 is 0 Å². The number of rotatable bonds is 79. The Balaban J connectivity index is 3.33. The largest absolute Gasteiger partial charge is 0.466 e. The van der Waals surface area contributed by atoms with Gasteiger partial charge in [-0.25, -0.2) is 0 Å². The van der Waals surface area contributed by atoms with Gasteiger partial charge < -0.3 is 20.3 Å². The van der Waals surface area contributed by atoms with Crippen molar-refractivity contribution in [2.75, 3.05) is 13.2 Å². The Morgan fingerprint density at radius 3 is 0.867 bits per heavy atom. The van der Waals surface area contributed by atoms with Gasteiger partial charge in [-0.2, -0.15) is 0 Å². The average Bonchev–Trinajstić information content (AvgIpc) is 3.69. The molecule has 0 spiro atoms. The van der Waals surface area contributed by atoms with Gasteiger partial charge in [-0.3, -0.25) is 9.59 Å². The van der Waals surface area contributed by atoms with Crippen molar-refractivity contribution in [1.29, 1.82) is 0 Å². The summed E-state index contributed by atoms with van der Waals surface area (Å²) in [5.74, 6) is -0.00816. The molecule has 2 atom stereocenters. The maximum absolute atomic E-state index is 12.6. The molecule has 0 aromatic carbocycles. The first kappa shape index (κ1) is 88.3. The fourth-order valence-corrected chi connectivity index (χ4v) is 13.4. The number of carbonyl (C=O) groups is 2. The SMILES string of the molecule is CCCCC/C=C\C/C=C\CCCCCCCCCCCC(=O)OCCCCCCCCCCCCCCCCCCCCCCCCCCCCCCCC(=O)NC(CO)C(O)CCCCCCCCCCCCCCCCCCCCCCCCCCC. The zero-order chi connectivity index (χ0) is 64.9. The van der Waals surface area contributed by atoms with Crippen molar-refractivity contribution in [1.82, 2.24) is 5.32 Å². The third-order valence-corrected chi connectivity index (χ3v) is 19.8. The Morgan fingerprint density at radius 1 is 0.311 bits per heavy atom. The van der Waals surface area contributed by atoms with Crippen molar-refractivity contribution in [3.8, 4) is 0 Å². The molecule has 0 saturated heterocycles. The Bertz CT molecular complexity index is 1410. The topological polar surface area (TPSA) is 95.9 Å². The zero-order valence-corrected chi connectivity index (χ0v) is 61.4. The van der Waals surface area contributed by atoms with E-state index in [0.717, 1.165) is 51.4 Å². The van der Waals surface area contributed by atoms with Crippen LogP contribution in [0.3, 0.4) is 0 Å². The van der Waals surface area contributed by atoms with Gasteiger partial charge in [0.25, 0.3) is 0 Å². The van der Waals surface area contributed by atoms with Gasteiger partial charge in [-0.05, 0) is 57.8 Å². The normalized spacial score (nSPS) is 12.5. The maximum Gasteiger partial charge on any atom is 0.305 e. The Hall–Kier alpha value is -1.66. The standard InChI is InChI=1S/C84H163NO5/c1-3-5-7-9-11-13-15-17-19-21-23-24-25-31-34-37-41-44-48-52-56-60-64-68-72-76-82(87)81(80-86)85-83(88)77-73-69-65-61-57-53-49-45-42-38-35-32-29-27-26-28-30-33-36-39-43-47-51-55-59-63-67-71-75-79-90-84(89)78-74-70-66-62-58-54-50-46-40-22-20-18-16-14-12-10-8-6-4-2/h12,14,18,20,81-82,86-87H,3-11,13,15-17,19,21-80H2,1-2H3,(H,85,88)/b14-12-,20-18-. The third-order valence-electron chi connectivity index (χ3n) is 19.8. The van der Waals surface area contributed by atoms with Crippen molar-refractivity contribution < 1.29 is 24.5 Å². The van der Waals surface area contributed by atoms with Crippen LogP contribution in [0.5, 0.6) is 0 Å². The molecule has 6 nitrogen and oxygen atoms in total. The Labute approximate surface area is 564 Å². The van der Waals surface area contributed by atoms with Crippen molar-refractivity contribution in [2.45, 2.75) is 488 Å². The van der Waals surface area contributed by atoms with Gasteiger partial charge in [0.05, 0.1) is 25.4 Å². The molecule has 0 rings (SSSR count). The Morgan fingerprint density at radius 2 is 0.556 bits per heavy atom. The molecule has 0 aliphatic heterocycles. The molecule has 2 unspecified atom stereocenters. The second kappa shape index (κ2) is 79.8. The highest BCUT2D eigenvalue weighted by molar-refractivity contribution is 5.76. The van der Waals surface area contributed by atoms with Crippen LogP contribution in [0, 0.1) is 0 Å². The van der Waals surface area contributed by atoms with Gasteiger partial charge in [0.1, 0.15) is 0 Å². The number of allylic oxidation sites excluding steroid dienone is 4. The number of hydrogen-bond donors (Lipinski definition) is 3. The van der Waals surface area contributed by atoms with Crippen LogP contribution in [0.4, 0.5) is 0 Å². The minimum absolute atomic E-state index is 0.0170. The monoisotopic (exact) mass is 1270 g/mol. The molecule has 0 aliphatic rings. The fraction of sp³-hybridized carbons (Fsp3) is 0.929. The number of nitrogens with one attached hydrogen (secondary N) is 1. The molecule has 0 bridgehead atoms. The van der Waals surface area contributed by atoms with Gasteiger partial charge in [-0.15, -0.1) is 0 Å². The van der Waals surface area contributed by atoms with Crippen molar-refractivity contribution >= 4 is 11.9 Å². The fourth-order valence-electron chi connectivity index (χ4n) is 13.4. The molecule has 90 heavy (non-hydrogen) atoms. The van der Waals surface area contributed by atoms with Gasteiger partial charge in [-0.1, -0.05) is 430 Å². The van der Waals surface area contributed by atoms with Gasteiger partial charge in [0, 0.05) is 12.8 Å². The summed E-state index contributed by atoms with van der Waals surface area (Å²) >= 11 is 0. The first-order chi connectivity index (χ1) is 44.5. The molecule has 0 heterocycles. The van der Waals surface area contributed by atoms with E-state index in [9.17, 15) is 19.8 Å². The lowest BCUT2D eigenvalue weighted by Crippen LogP contribution is -2.45. The van der Waals surface area contributed by atoms with Crippen molar-refractivity contribution in [3.63, 3.8) is 0 Å². The van der Waals surface area contributed by atoms with Crippen LogP contribution in [0.1, 0.15) is 476 Å². The van der Waals surface area contributed by atoms with Crippen LogP contribution in [-0.4, -0.2) is 47.4 Å². The molecule has 0 saturated carbocycles. The number of carbonyl (C=O) groups excluding carboxylic acids is 2. The molecule has 534 valence electrons. The molecule has 0 aromatic rings. The number of unbranched alkanes of at least 4 members (excludes halogenated alkanes) is 64. The summed E-state index contributed by atoms with van der Waals surface area (Å²) < 4.78 is 5.52. The molecular formula is C84H163NO5. The van der Waals surface area contributed by atoms with E-state index in [-0.39, 0.29) is 18.5 Å². The van der Waals surface area contributed by atoms with E-state index < -0.39 is 12.1 Å². The van der Waals surface area contributed by atoms with Crippen LogP contribution in [0.15, 0.2) is 24.3 Å². The predicted octanol–water partition coefficient (Wildman–Crippen LogP) is 27.6.